The molecule has 1 N–H and O–H groups in total. The van der Waals surface area contributed by atoms with Gasteiger partial charge in [-0.25, -0.2) is 4.79 Å². The highest BCUT2D eigenvalue weighted by Crippen LogP contribution is 2.25. The maximum atomic E-state index is 12.7. The number of amides is 2. The first-order valence-electron chi connectivity index (χ1n) is 9.27. The van der Waals surface area contributed by atoms with E-state index in [1.165, 1.54) is 11.3 Å². The summed E-state index contributed by atoms with van der Waals surface area (Å²) < 4.78 is 5.60. The monoisotopic (exact) mass is 353 g/mol. The molecular formula is C21H27N3O2. The summed E-state index contributed by atoms with van der Waals surface area (Å²) in [6.07, 6.45) is 0.953. The molecule has 0 aromatic heterocycles. The Morgan fingerprint density at radius 1 is 1.04 bits per heavy atom. The molecule has 2 aromatic carbocycles. The first-order chi connectivity index (χ1) is 12.7. The Morgan fingerprint density at radius 2 is 1.81 bits per heavy atom. The number of ether oxygens (including phenoxy) is 1. The Hall–Kier alpha value is -2.69. The standard InChI is InChI=1S/C21H27N3O2/c1-3-26-20-12-7-5-10-18(20)22-21(25)24-14-8-13-23(15-16-24)19-11-6-4-9-17(19)2/h4-7,9-12H,3,8,13-16H2,1-2H3,(H,22,25). The topological polar surface area (TPSA) is 44.8 Å². The van der Waals surface area contributed by atoms with Crippen LogP contribution in [0, 0.1) is 6.92 Å². The van der Waals surface area contributed by atoms with Gasteiger partial charge in [0.05, 0.1) is 12.3 Å². The van der Waals surface area contributed by atoms with Crippen LogP contribution in [-0.4, -0.2) is 43.7 Å². The van der Waals surface area contributed by atoms with Gasteiger partial charge >= 0.3 is 6.03 Å². The fourth-order valence-corrected chi connectivity index (χ4v) is 3.33. The largest absolute Gasteiger partial charge is 0.492 e. The van der Waals surface area contributed by atoms with E-state index in [4.69, 9.17) is 4.74 Å². The molecule has 1 aliphatic rings. The first kappa shape index (κ1) is 18.1. The van der Waals surface area contributed by atoms with Crippen molar-refractivity contribution in [2.45, 2.75) is 20.3 Å². The van der Waals surface area contributed by atoms with E-state index in [1.807, 2.05) is 36.1 Å². The molecule has 5 nitrogen and oxygen atoms in total. The molecule has 0 unspecified atom stereocenters. The van der Waals surface area contributed by atoms with E-state index in [9.17, 15) is 4.79 Å². The molecular weight excluding hydrogens is 326 g/mol. The summed E-state index contributed by atoms with van der Waals surface area (Å²) in [7, 11) is 0. The number of rotatable bonds is 4. The van der Waals surface area contributed by atoms with Crippen LogP contribution in [0.1, 0.15) is 18.9 Å². The molecule has 0 spiro atoms. The van der Waals surface area contributed by atoms with E-state index in [0.29, 0.717) is 18.9 Å². The van der Waals surface area contributed by atoms with Crippen LogP contribution in [0.4, 0.5) is 16.2 Å². The van der Waals surface area contributed by atoms with Gasteiger partial charge in [-0.15, -0.1) is 0 Å². The Balaban J connectivity index is 1.64. The second-order valence-electron chi connectivity index (χ2n) is 6.47. The number of carbonyl (C=O) groups is 1. The fourth-order valence-electron chi connectivity index (χ4n) is 3.33. The molecule has 2 aromatic rings. The Bertz CT molecular complexity index is 748. The molecule has 3 rings (SSSR count). The Labute approximate surface area is 155 Å². The number of anilines is 2. The van der Waals surface area contributed by atoms with Crippen LogP contribution >= 0.6 is 0 Å². The summed E-state index contributed by atoms with van der Waals surface area (Å²) in [5.74, 6) is 0.708. The highest BCUT2D eigenvalue weighted by molar-refractivity contribution is 5.91. The van der Waals surface area contributed by atoms with Gasteiger partial charge in [0.15, 0.2) is 0 Å². The van der Waals surface area contributed by atoms with E-state index in [1.54, 1.807) is 0 Å². The molecule has 5 heteroatoms. The van der Waals surface area contributed by atoms with Crippen molar-refractivity contribution in [3.05, 3.63) is 54.1 Å². The number of aryl methyl sites for hydroxylation is 1. The maximum absolute atomic E-state index is 12.7. The third kappa shape index (κ3) is 4.28. The van der Waals surface area contributed by atoms with Gasteiger partial charge in [-0.1, -0.05) is 30.3 Å². The molecule has 2 amide bonds. The predicted octanol–water partition coefficient (Wildman–Crippen LogP) is 4.14. The van der Waals surface area contributed by atoms with Crippen molar-refractivity contribution >= 4 is 17.4 Å². The summed E-state index contributed by atoms with van der Waals surface area (Å²) in [4.78, 5) is 17.0. The third-order valence-electron chi connectivity index (χ3n) is 4.67. The number of hydrogen-bond acceptors (Lipinski definition) is 3. The number of carbonyl (C=O) groups excluding carboxylic acids is 1. The fraction of sp³-hybridized carbons (Fsp3) is 0.381. The zero-order valence-corrected chi connectivity index (χ0v) is 15.6. The van der Waals surface area contributed by atoms with Crippen LogP contribution in [0.15, 0.2) is 48.5 Å². The number of para-hydroxylation sites is 3. The molecule has 1 saturated heterocycles. The van der Waals surface area contributed by atoms with Crippen molar-refractivity contribution in [3.8, 4) is 5.75 Å². The number of urea groups is 1. The minimum atomic E-state index is -0.0659. The van der Waals surface area contributed by atoms with Gasteiger partial charge in [0.25, 0.3) is 0 Å². The van der Waals surface area contributed by atoms with Gasteiger partial charge in [-0.2, -0.15) is 0 Å². The van der Waals surface area contributed by atoms with Crippen LogP contribution in [-0.2, 0) is 0 Å². The van der Waals surface area contributed by atoms with Crippen molar-refractivity contribution in [3.63, 3.8) is 0 Å². The van der Waals surface area contributed by atoms with Crippen molar-refractivity contribution in [2.75, 3.05) is 43.0 Å². The Kier molecular flexibility index (Phi) is 6.00. The molecule has 138 valence electrons. The van der Waals surface area contributed by atoms with Crippen LogP contribution in [0.3, 0.4) is 0 Å². The summed E-state index contributed by atoms with van der Waals surface area (Å²) in [6, 6.07) is 15.9. The lowest BCUT2D eigenvalue weighted by Crippen LogP contribution is -2.38. The molecule has 1 heterocycles. The molecule has 1 fully saturated rings. The van der Waals surface area contributed by atoms with E-state index in [-0.39, 0.29) is 6.03 Å². The van der Waals surface area contributed by atoms with Crippen LogP contribution in [0.2, 0.25) is 0 Å². The van der Waals surface area contributed by atoms with E-state index in [2.05, 4.69) is 41.4 Å². The van der Waals surface area contributed by atoms with Gasteiger partial charge in [0, 0.05) is 31.9 Å². The predicted molar refractivity (Wildman–Crippen MR) is 106 cm³/mol. The zero-order valence-electron chi connectivity index (χ0n) is 15.6. The maximum Gasteiger partial charge on any atom is 0.322 e. The van der Waals surface area contributed by atoms with Crippen molar-refractivity contribution in [1.29, 1.82) is 0 Å². The van der Waals surface area contributed by atoms with E-state index >= 15 is 0 Å². The molecule has 0 bridgehead atoms. The lowest BCUT2D eigenvalue weighted by Gasteiger charge is -2.25. The normalized spacial score (nSPS) is 14.7. The molecule has 0 saturated carbocycles. The van der Waals surface area contributed by atoms with Gasteiger partial charge in [-0.3, -0.25) is 0 Å². The Morgan fingerprint density at radius 3 is 2.62 bits per heavy atom. The SMILES string of the molecule is CCOc1ccccc1NC(=O)N1CCCN(c2ccccc2C)CC1. The smallest absolute Gasteiger partial charge is 0.322 e. The highest BCUT2D eigenvalue weighted by Gasteiger charge is 2.20. The summed E-state index contributed by atoms with van der Waals surface area (Å²) in [5, 5.41) is 3.00. The van der Waals surface area contributed by atoms with Crippen LogP contribution in [0.25, 0.3) is 0 Å². The second kappa shape index (κ2) is 8.61. The van der Waals surface area contributed by atoms with Crippen LogP contribution < -0.4 is 15.0 Å². The molecule has 0 aliphatic carbocycles. The number of benzene rings is 2. The quantitative estimate of drug-likeness (QED) is 0.898. The molecule has 26 heavy (non-hydrogen) atoms. The first-order valence-corrected chi connectivity index (χ1v) is 9.27. The van der Waals surface area contributed by atoms with Crippen molar-refractivity contribution in [1.82, 2.24) is 4.90 Å². The number of nitrogens with zero attached hydrogens (tertiary/aromatic N) is 2. The van der Waals surface area contributed by atoms with E-state index in [0.717, 1.165) is 31.7 Å². The van der Waals surface area contributed by atoms with Crippen LogP contribution in [0.5, 0.6) is 5.75 Å². The van der Waals surface area contributed by atoms with Gasteiger partial charge in [0.2, 0.25) is 0 Å². The second-order valence-corrected chi connectivity index (χ2v) is 6.47. The summed E-state index contributed by atoms with van der Waals surface area (Å²) in [6.45, 7) is 7.91. The zero-order chi connectivity index (χ0) is 18.4. The minimum Gasteiger partial charge on any atom is -0.492 e. The van der Waals surface area contributed by atoms with Crippen molar-refractivity contribution < 1.29 is 9.53 Å². The van der Waals surface area contributed by atoms with Crippen molar-refractivity contribution in [2.24, 2.45) is 0 Å². The lowest BCUT2D eigenvalue weighted by atomic mass is 10.2. The molecule has 0 radical (unpaired) electrons. The molecule has 1 aliphatic heterocycles. The van der Waals surface area contributed by atoms with Gasteiger partial charge in [-0.05, 0) is 44.0 Å². The summed E-state index contributed by atoms with van der Waals surface area (Å²) in [5.41, 5.74) is 3.26. The summed E-state index contributed by atoms with van der Waals surface area (Å²) >= 11 is 0. The lowest BCUT2D eigenvalue weighted by molar-refractivity contribution is 0.215. The van der Waals surface area contributed by atoms with Gasteiger partial charge in [0.1, 0.15) is 5.75 Å². The number of nitrogens with one attached hydrogen (secondary N) is 1. The minimum absolute atomic E-state index is 0.0659. The number of hydrogen-bond donors (Lipinski definition) is 1. The molecule has 0 atom stereocenters. The average molecular weight is 353 g/mol. The third-order valence-corrected chi connectivity index (χ3v) is 4.67. The average Bonchev–Trinajstić information content (AvgIpc) is 2.90. The highest BCUT2D eigenvalue weighted by atomic mass is 16.5. The van der Waals surface area contributed by atoms with E-state index < -0.39 is 0 Å². The van der Waals surface area contributed by atoms with Gasteiger partial charge < -0.3 is 19.9 Å².